The first-order valence-electron chi connectivity index (χ1n) is 8.41. The molecule has 132 valence electrons. The van der Waals surface area contributed by atoms with E-state index in [0.717, 1.165) is 53.2 Å². The molecule has 2 heterocycles. The van der Waals surface area contributed by atoms with Gasteiger partial charge in [0.1, 0.15) is 0 Å². The summed E-state index contributed by atoms with van der Waals surface area (Å²) >= 11 is 1.62. The van der Waals surface area contributed by atoms with Crippen LogP contribution in [0.15, 0.2) is 42.1 Å². The molecule has 1 aromatic heterocycles. The second-order valence-electron chi connectivity index (χ2n) is 6.29. The van der Waals surface area contributed by atoms with Crippen molar-refractivity contribution in [3.63, 3.8) is 0 Å². The molecule has 0 bridgehead atoms. The molecule has 0 saturated carbocycles. The second kappa shape index (κ2) is 7.80. The van der Waals surface area contributed by atoms with Gasteiger partial charge in [-0.25, -0.2) is 4.98 Å². The van der Waals surface area contributed by atoms with Crippen molar-refractivity contribution in [2.75, 3.05) is 13.2 Å². The van der Waals surface area contributed by atoms with Crippen LogP contribution in [0, 0.1) is 6.92 Å². The normalized spacial score (nSPS) is 18.2. The van der Waals surface area contributed by atoms with Crippen LogP contribution in [0.4, 0.5) is 0 Å². The lowest BCUT2D eigenvalue weighted by Gasteiger charge is -2.27. The Hall–Kier alpha value is -2.18. The van der Waals surface area contributed by atoms with Crippen molar-refractivity contribution in [1.29, 1.82) is 0 Å². The Labute approximate surface area is 152 Å². The zero-order valence-corrected chi connectivity index (χ0v) is 15.1. The summed E-state index contributed by atoms with van der Waals surface area (Å²) in [6, 6.07) is 7.90. The van der Waals surface area contributed by atoms with Gasteiger partial charge in [-0.05, 0) is 30.9 Å². The molecule has 1 aromatic carbocycles. The zero-order valence-electron chi connectivity index (χ0n) is 14.3. The Balaban J connectivity index is 1.71. The molecule has 0 radical (unpaired) electrons. The summed E-state index contributed by atoms with van der Waals surface area (Å²) in [5, 5.41) is 13.1. The summed E-state index contributed by atoms with van der Waals surface area (Å²) in [5.74, 6) is 0. The second-order valence-corrected chi connectivity index (χ2v) is 7.15. The van der Waals surface area contributed by atoms with E-state index < -0.39 is 0 Å². The Kier molecular flexibility index (Phi) is 5.50. The van der Waals surface area contributed by atoms with Crippen molar-refractivity contribution in [3.8, 4) is 10.4 Å². The topological polar surface area (TPSA) is 65.5 Å². The molecular formula is C19H23N3O2S. The number of nitrogens with one attached hydrogen (secondary N) is 1. The van der Waals surface area contributed by atoms with Gasteiger partial charge in [-0.1, -0.05) is 30.8 Å². The fraction of sp³-hybridized carbons (Fsp3) is 0.368. The molecule has 6 heteroatoms. The van der Waals surface area contributed by atoms with Crippen LogP contribution in [0.5, 0.6) is 0 Å². The summed E-state index contributed by atoms with van der Waals surface area (Å²) in [5.41, 5.74) is 5.78. The molecule has 0 aliphatic carbocycles. The Morgan fingerprint density at radius 2 is 2.28 bits per heavy atom. The number of hydrogen-bond acceptors (Lipinski definition) is 5. The minimum Gasteiger partial charge on any atom is -0.394 e. The fourth-order valence-corrected chi connectivity index (χ4v) is 4.10. The summed E-state index contributed by atoms with van der Waals surface area (Å²) < 4.78 is 0. The highest BCUT2D eigenvalue weighted by molar-refractivity contribution is 7.13. The van der Waals surface area contributed by atoms with E-state index in [0.29, 0.717) is 0 Å². The van der Waals surface area contributed by atoms with Crippen LogP contribution in [0.3, 0.4) is 0 Å². The van der Waals surface area contributed by atoms with Crippen LogP contribution >= 0.6 is 11.3 Å². The third-order valence-electron chi connectivity index (χ3n) is 4.69. The van der Waals surface area contributed by atoms with Crippen molar-refractivity contribution >= 4 is 17.7 Å². The lowest BCUT2D eigenvalue weighted by Crippen LogP contribution is -2.36. The number of likely N-dealkylation sites (tertiary alicyclic amines) is 1. The van der Waals surface area contributed by atoms with Gasteiger partial charge in [-0.3, -0.25) is 4.79 Å². The van der Waals surface area contributed by atoms with Crippen molar-refractivity contribution in [2.24, 2.45) is 0 Å². The van der Waals surface area contributed by atoms with Crippen molar-refractivity contribution in [3.05, 3.63) is 53.3 Å². The summed E-state index contributed by atoms with van der Waals surface area (Å²) in [6.07, 6.45) is 2.77. The Morgan fingerprint density at radius 1 is 1.52 bits per heavy atom. The fourth-order valence-electron chi connectivity index (χ4n) is 3.29. The lowest BCUT2D eigenvalue weighted by atomic mass is 10.0. The first-order chi connectivity index (χ1) is 12.1. The average Bonchev–Trinajstić information content (AvgIpc) is 3.28. The first-order valence-corrected chi connectivity index (χ1v) is 9.29. The molecule has 1 amide bonds. The standard InChI is InChI=1S/C19H23N3O2S/c1-13(18-4-3-9-22(18)12-24)21-17(10-23)15-5-7-16(8-6-15)19-14(2)20-11-25-19/h5-8,11-12,17-18,21,23H,1,3-4,9-10H2,2H3. The minimum absolute atomic E-state index is 0.00525. The van der Waals surface area contributed by atoms with Gasteiger partial charge >= 0.3 is 0 Å². The van der Waals surface area contributed by atoms with Gasteiger partial charge in [0.15, 0.2) is 0 Å². The maximum absolute atomic E-state index is 11.1. The largest absolute Gasteiger partial charge is 0.394 e. The zero-order chi connectivity index (χ0) is 17.8. The number of carbonyl (C=O) groups excluding carboxylic acids is 1. The van der Waals surface area contributed by atoms with Crippen LogP contribution in [0.2, 0.25) is 0 Å². The van der Waals surface area contributed by atoms with Crippen LogP contribution < -0.4 is 5.32 Å². The summed E-state index contributed by atoms with van der Waals surface area (Å²) in [4.78, 5) is 18.3. The molecule has 3 rings (SSSR count). The van der Waals surface area contributed by atoms with Gasteiger partial charge in [-0.2, -0.15) is 0 Å². The number of hydrogen-bond donors (Lipinski definition) is 2. The van der Waals surface area contributed by atoms with Crippen molar-refractivity contribution in [2.45, 2.75) is 31.8 Å². The van der Waals surface area contributed by atoms with Gasteiger partial charge in [0.05, 0.1) is 34.8 Å². The Bertz CT molecular complexity index is 741. The molecule has 0 spiro atoms. The van der Waals surface area contributed by atoms with Gasteiger partial charge in [0, 0.05) is 12.2 Å². The summed E-state index contributed by atoms with van der Waals surface area (Å²) in [7, 11) is 0. The van der Waals surface area contributed by atoms with Crippen LogP contribution in [-0.2, 0) is 4.79 Å². The number of aliphatic hydroxyl groups is 1. The average molecular weight is 357 g/mol. The molecule has 25 heavy (non-hydrogen) atoms. The number of amides is 1. The molecule has 1 aliphatic heterocycles. The van der Waals surface area contributed by atoms with E-state index in [-0.39, 0.29) is 18.7 Å². The van der Waals surface area contributed by atoms with E-state index in [9.17, 15) is 9.90 Å². The molecule has 2 unspecified atom stereocenters. The van der Waals surface area contributed by atoms with Crippen molar-refractivity contribution in [1.82, 2.24) is 15.2 Å². The molecule has 1 aliphatic rings. The lowest BCUT2D eigenvalue weighted by molar-refractivity contribution is -0.118. The maximum atomic E-state index is 11.1. The molecule has 2 atom stereocenters. The van der Waals surface area contributed by atoms with E-state index in [1.54, 1.807) is 16.2 Å². The third-order valence-corrected chi connectivity index (χ3v) is 5.67. The van der Waals surface area contributed by atoms with Crippen molar-refractivity contribution < 1.29 is 9.90 Å². The highest BCUT2D eigenvalue weighted by atomic mass is 32.1. The highest BCUT2D eigenvalue weighted by Gasteiger charge is 2.26. The van der Waals surface area contributed by atoms with Gasteiger partial charge < -0.3 is 15.3 Å². The minimum atomic E-state index is -0.238. The number of rotatable bonds is 7. The number of aromatic nitrogens is 1. The number of nitrogens with zero attached hydrogens (tertiary/aromatic N) is 2. The van der Waals surface area contributed by atoms with Gasteiger partial charge in [0.2, 0.25) is 6.41 Å². The predicted octanol–water partition coefficient (Wildman–Crippen LogP) is 2.88. The monoisotopic (exact) mass is 357 g/mol. The van der Waals surface area contributed by atoms with E-state index in [1.165, 1.54) is 0 Å². The molecule has 5 nitrogen and oxygen atoms in total. The van der Waals surface area contributed by atoms with E-state index in [2.05, 4.69) is 29.0 Å². The number of thiazole rings is 1. The van der Waals surface area contributed by atoms with Crippen LogP contribution in [-0.4, -0.2) is 40.6 Å². The van der Waals surface area contributed by atoms with E-state index >= 15 is 0 Å². The number of carbonyl (C=O) groups is 1. The van der Waals surface area contributed by atoms with Gasteiger partial charge in [-0.15, -0.1) is 11.3 Å². The molecule has 2 N–H and O–H groups in total. The van der Waals surface area contributed by atoms with Gasteiger partial charge in [0.25, 0.3) is 0 Å². The molecule has 1 saturated heterocycles. The number of benzene rings is 1. The van der Waals surface area contributed by atoms with Crippen LogP contribution in [0.1, 0.15) is 30.1 Å². The number of aryl methyl sites for hydroxylation is 1. The van der Waals surface area contributed by atoms with Crippen LogP contribution in [0.25, 0.3) is 10.4 Å². The predicted molar refractivity (Wildman–Crippen MR) is 100 cm³/mol. The first kappa shape index (κ1) is 17.6. The molecule has 2 aromatic rings. The molecular weight excluding hydrogens is 334 g/mol. The molecule has 1 fully saturated rings. The van der Waals surface area contributed by atoms with E-state index in [1.807, 2.05) is 24.6 Å². The maximum Gasteiger partial charge on any atom is 0.210 e. The Morgan fingerprint density at radius 3 is 2.88 bits per heavy atom. The smallest absolute Gasteiger partial charge is 0.210 e. The third kappa shape index (κ3) is 3.75. The summed E-state index contributed by atoms with van der Waals surface area (Å²) in [6.45, 7) is 6.82. The highest BCUT2D eigenvalue weighted by Crippen LogP contribution is 2.29. The SMILES string of the molecule is C=C(NC(CO)c1ccc(-c2scnc2C)cc1)C1CCCN1C=O. The van der Waals surface area contributed by atoms with E-state index in [4.69, 9.17) is 0 Å². The number of aliphatic hydroxyl groups excluding tert-OH is 1. The quantitative estimate of drug-likeness (QED) is 0.748.